The first-order chi connectivity index (χ1) is 8.57. The zero-order chi connectivity index (χ0) is 13.4. The van der Waals surface area contributed by atoms with Crippen molar-refractivity contribution in [3.63, 3.8) is 0 Å². The van der Waals surface area contributed by atoms with Gasteiger partial charge in [-0.25, -0.2) is 8.42 Å². The molecular formula is C11H24N4O2S. The Bertz CT molecular complexity index is 345. The zero-order valence-corrected chi connectivity index (χ0v) is 12.1. The first-order valence-electron chi connectivity index (χ1n) is 6.52. The number of rotatable bonds is 5. The molecule has 106 valence electrons. The summed E-state index contributed by atoms with van der Waals surface area (Å²) in [5.74, 6) is 1.39. The number of aliphatic imine (C=N–C) groups is 1. The van der Waals surface area contributed by atoms with Crippen LogP contribution < -0.4 is 10.6 Å². The van der Waals surface area contributed by atoms with E-state index in [1.54, 1.807) is 0 Å². The van der Waals surface area contributed by atoms with Crippen molar-refractivity contribution in [2.24, 2.45) is 4.99 Å². The molecule has 18 heavy (non-hydrogen) atoms. The maximum Gasteiger partial charge on any atom is 0.191 e. The van der Waals surface area contributed by atoms with Gasteiger partial charge in [0.15, 0.2) is 15.8 Å². The summed E-state index contributed by atoms with van der Waals surface area (Å²) < 4.78 is 22.5. The molecule has 7 heteroatoms. The molecule has 2 N–H and O–H groups in total. The Balaban J connectivity index is 2.30. The fourth-order valence-electron chi connectivity index (χ4n) is 1.79. The molecule has 0 radical (unpaired) electrons. The van der Waals surface area contributed by atoms with Gasteiger partial charge in [-0.05, 0) is 13.8 Å². The van der Waals surface area contributed by atoms with Crippen molar-refractivity contribution >= 4 is 15.8 Å². The Labute approximate surface area is 110 Å². The van der Waals surface area contributed by atoms with Gasteiger partial charge < -0.3 is 10.6 Å². The largest absolute Gasteiger partial charge is 0.357 e. The molecule has 0 unspecified atom stereocenters. The average molecular weight is 276 g/mol. The Morgan fingerprint density at radius 1 is 1.17 bits per heavy atom. The highest BCUT2D eigenvalue weighted by atomic mass is 32.2. The van der Waals surface area contributed by atoms with Crippen molar-refractivity contribution in [1.29, 1.82) is 0 Å². The van der Waals surface area contributed by atoms with Gasteiger partial charge in [0, 0.05) is 32.7 Å². The molecule has 0 saturated carbocycles. The maximum absolute atomic E-state index is 11.3. The number of hydrogen-bond donors (Lipinski definition) is 2. The van der Waals surface area contributed by atoms with Crippen LogP contribution in [0.4, 0.5) is 0 Å². The monoisotopic (exact) mass is 276 g/mol. The summed E-state index contributed by atoms with van der Waals surface area (Å²) in [6, 6.07) is 0. The fraction of sp³-hybridized carbons (Fsp3) is 0.909. The molecule has 1 aliphatic rings. The standard InChI is InChI=1S/C11H24N4O2S/c1-3-12-11(13-4-2)14-5-6-15-7-9-18(16,17)10-8-15/h3-10H2,1-2H3,(H2,12,13,14). The Kier molecular flexibility index (Phi) is 6.42. The fourth-order valence-corrected chi connectivity index (χ4v) is 3.06. The van der Waals surface area contributed by atoms with E-state index >= 15 is 0 Å². The van der Waals surface area contributed by atoms with Crippen LogP contribution in [-0.2, 0) is 9.84 Å². The lowest BCUT2D eigenvalue weighted by molar-refractivity contribution is 0.304. The van der Waals surface area contributed by atoms with Crippen LogP contribution in [0.25, 0.3) is 0 Å². The first kappa shape index (κ1) is 15.2. The van der Waals surface area contributed by atoms with E-state index in [4.69, 9.17) is 0 Å². The van der Waals surface area contributed by atoms with Crippen LogP contribution in [0.1, 0.15) is 13.8 Å². The summed E-state index contributed by atoms with van der Waals surface area (Å²) in [6.45, 7) is 8.52. The minimum Gasteiger partial charge on any atom is -0.357 e. The number of nitrogens with zero attached hydrogens (tertiary/aromatic N) is 2. The summed E-state index contributed by atoms with van der Waals surface area (Å²) in [7, 11) is -2.78. The van der Waals surface area contributed by atoms with Crippen LogP contribution in [0.2, 0.25) is 0 Å². The van der Waals surface area contributed by atoms with Crippen LogP contribution in [-0.4, -0.2) is 70.1 Å². The average Bonchev–Trinajstić information content (AvgIpc) is 2.32. The summed E-state index contributed by atoms with van der Waals surface area (Å²) in [4.78, 5) is 6.59. The predicted molar refractivity (Wildman–Crippen MR) is 74.7 cm³/mol. The van der Waals surface area contributed by atoms with Gasteiger partial charge in [-0.3, -0.25) is 9.89 Å². The quantitative estimate of drug-likeness (QED) is 0.513. The normalized spacial score (nSPS) is 19.2. The molecule has 1 saturated heterocycles. The molecule has 1 rings (SSSR count). The highest BCUT2D eigenvalue weighted by molar-refractivity contribution is 7.91. The van der Waals surface area contributed by atoms with E-state index in [1.165, 1.54) is 0 Å². The van der Waals surface area contributed by atoms with Crippen molar-refractivity contribution in [3.8, 4) is 0 Å². The van der Waals surface area contributed by atoms with Crippen LogP contribution in [0.5, 0.6) is 0 Å². The molecule has 6 nitrogen and oxygen atoms in total. The lowest BCUT2D eigenvalue weighted by Crippen LogP contribution is -2.42. The van der Waals surface area contributed by atoms with Gasteiger partial charge in [0.1, 0.15) is 0 Å². The van der Waals surface area contributed by atoms with Crippen LogP contribution in [0.15, 0.2) is 4.99 Å². The van der Waals surface area contributed by atoms with Crippen molar-refractivity contribution in [2.75, 3.05) is 50.8 Å². The van der Waals surface area contributed by atoms with E-state index < -0.39 is 9.84 Å². The SMILES string of the molecule is CCNC(=NCCN1CCS(=O)(=O)CC1)NCC. The van der Waals surface area contributed by atoms with E-state index in [1.807, 2.05) is 13.8 Å². The number of hydrogen-bond acceptors (Lipinski definition) is 4. The second kappa shape index (κ2) is 7.58. The van der Waals surface area contributed by atoms with E-state index in [0.29, 0.717) is 19.6 Å². The third-order valence-corrected chi connectivity index (χ3v) is 4.42. The van der Waals surface area contributed by atoms with Crippen molar-refractivity contribution in [1.82, 2.24) is 15.5 Å². The lowest BCUT2D eigenvalue weighted by atomic mass is 10.4. The van der Waals surface area contributed by atoms with Crippen LogP contribution in [0, 0.1) is 0 Å². The third-order valence-electron chi connectivity index (χ3n) is 2.81. The number of nitrogens with one attached hydrogen (secondary N) is 2. The number of sulfone groups is 1. The van der Waals surface area contributed by atoms with Crippen LogP contribution in [0.3, 0.4) is 0 Å². The zero-order valence-electron chi connectivity index (χ0n) is 11.3. The van der Waals surface area contributed by atoms with E-state index in [0.717, 1.165) is 25.6 Å². The molecule has 0 aromatic carbocycles. The van der Waals surface area contributed by atoms with Crippen molar-refractivity contribution in [3.05, 3.63) is 0 Å². The molecule has 1 heterocycles. The molecule has 1 aliphatic heterocycles. The molecule has 0 aromatic heterocycles. The highest BCUT2D eigenvalue weighted by Gasteiger charge is 2.20. The molecule has 0 aromatic rings. The van der Waals surface area contributed by atoms with Gasteiger partial charge in [-0.2, -0.15) is 0 Å². The van der Waals surface area contributed by atoms with Gasteiger partial charge in [0.25, 0.3) is 0 Å². The van der Waals surface area contributed by atoms with Gasteiger partial charge in [0.05, 0.1) is 18.1 Å². The summed E-state index contributed by atoms with van der Waals surface area (Å²) in [5, 5.41) is 6.32. The summed E-state index contributed by atoms with van der Waals surface area (Å²) in [5.41, 5.74) is 0. The van der Waals surface area contributed by atoms with Gasteiger partial charge >= 0.3 is 0 Å². The summed E-state index contributed by atoms with van der Waals surface area (Å²) in [6.07, 6.45) is 0. The molecule has 0 spiro atoms. The molecular weight excluding hydrogens is 252 g/mol. The van der Waals surface area contributed by atoms with Gasteiger partial charge in [0.2, 0.25) is 0 Å². The molecule has 0 aliphatic carbocycles. The second-order valence-corrected chi connectivity index (χ2v) is 6.59. The predicted octanol–water partition coefficient (Wildman–Crippen LogP) is -0.708. The van der Waals surface area contributed by atoms with Gasteiger partial charge in [-0.1, -0.05) is 0 Å². The maximum atomic E-state index is 11.3. The first-order valence-corrected chi connectivity index (χ1v) is 8.34. The molecule has 1 fully saturated rings. The highest BCUT2D eigenvalue weighted by Crippen LogP contribution is 2.02. The Hall–Kier alpha value is -0.820. The lowest BCUT2D eigenvalue weighted by Gasteiger charge is -2.25. The minimum absolute atomic E-state index is 0.282. The topological polar surface area (TPSA) is 73.8 Å². The van der Waals surface area contributed by atoms with Gasteiger partial charge in [-0.15, -0.1) is 0 Å². The van der Waals surface area contributed by atoms with Crippen molar-refractivity contribution in [2.45, 2.75) is 13.8 Å². The van der Waals surface area contributed by atoms with Crippen molar-refractivity contribution < 1.29 is 8.42 Å². The van der Waals surface area contributed by atoms with Crippen LogP contribution >= 0.6 is 0 Å². The Morgan fingerprint density at radius 3 is 2.22 bits per heavy atom. The number of guanidine groups is 1. The molecule has 0 atom stereocenters. The third kappa shape index (κ3) is 5.68. The Morgan fingerprint density at radius 2 is 1.72 bits per heavy atom. The molecule has 0 amide bonds. The van der Waals surface area contributed by atoms with E-state index in [9.17, 15) is 8.42 Å². The second-order valence-electron chi connectivity index (χ2n) is 4.28. The molecule has 0 bridgehead atoms. The smallest absolute Gasteiger partial charge is 0.191 e. The summed E-state index contributed by atoms with van der Waals surface area (Å²) >= 11 is 0. The van der Waals surface area contributed by atoms with E-state index in [2.05, 4.69) is 20.5 Å². The minimum atomic E-state index is -2.78. The van der Waals surface area contributed by atoms with E-state index in [-0.39, 0.29) is 11.5 Å².